The molecule has 1 aliphatic rings. The second-order valence-electron chi connectivity index (χ2n) is 2.05. The van der Waals surface area contributed by atoms with Gasteiger partial charge in [-0.2, -0.15) is 0 Å². The van der Waals surface area contributed by atoms with E-state index in [4.69, 9.17) is 16.3 Å². The van der Waals surface area contributed by atoms with Crippen LogP contribution in [-0.2, 0) is 9.53 Å². The van der Waals surface area contributed by atoms with Crippen LogP contribution in [0.3, 0.4) is 0 Å². The molecule has 0 aliphatic carbocycles. The van der Waals surface area contributed by atoms with Crippen molar-refractivity contribution >= 4 is 49.2 Å². The van der Waals surface area contributed by atoms with Gasteiger partial charge >= 0.3 is 5.97 Å². The smallest absolute Gasteiger partial charge is 0.333 e. The first-order valence-electron chi connectivity index (χ1n) is 3.35. The average Bonchev–Trinajstić information content (AvgIpc) is 2.30. The topological polar surface area (TPSA) is 38.7 Å². The van der Waals surface area contributed by atoms with Gasteiger partial charge in [0.25, 0.3) is 0 Å². The van der Waals surface area contributed by atoms with Gasteiger partial charge in [-0.05, 0) is 22.9 Å². The van der Waals surface area contributed by atoms with Gasteiger partial charge < -0.3 is 4.74 Å². The number of carbonyl (C=O) groups excluding carboxylic acids is 1. The Morgan fingerprint density at radius 1 is 1.92 bits per heavy atom. The molecule has 0 aromatic rings. The van der Waals surface area contributed by atoms with E-state index < -0.39 is 6.04 Å². The maximum absolute atomic E-state index is 11.2. The molecule has 0 saturated carbocycles. The summed E-state index contributed by atoms with van der Waals surface area (Å²) in [5.74, 6) is -0.362. The normalized spacial score (nSPS) is 28.4. The van der Waals surface area contributed by atoms with Crippen molar-refractivity contribution in [3.63, 3.8) is 0 Å². The van der Waals surface area contributed by atoms with Crippen molar-refractivity contribution in [1.82, 2.24) is 0 Å². The fourth-order valence-electron chi connectivity index (χ4n) is 0.743. The van der Waals surface area contributed by atoms with Gasteiger partial charge in [-0.1, -0.05) is 11.8 Å². The molecule has 0 fully saturated rings. The minimum atomic E-state index is -0.564. The number of esters is 1. The molecule has 6 heteroatoms. The lowest BCUT2D eigenvalue weighted by Crippen LogP contribution is -2.25. The molecule has 1 rings (SSSR count). The van der Waals surface area contributed by atoms with Crippen LogP contribution in [0, 0.1) is 0 Å². The number of halogens is 2. The maximum Gasteiger partial charge on any atom is 0.333 e. The van der Waals surface area contributed by atoms with Crippen molar-refractivity contribution in [3.8, 4) is 0 Å². The van der Waals surface area contributed by atoms with Crippen LogP contribution in [0.4, 0.5) is 0 Å². The third kappa shape index (κ3) is 2.37. The number of ether oxygens (including phenoxy) is 1. The molecule has 3 nitrogen and oxygen atoms in total. The molecule has 68 valence electrons. The highest BCUT2D eigenvalue weighted by Crippen LogP contribution is 2.33. The zero-order valence-electron chi connectivity index (χ0n) is 6.29. The minimum Gasteiger partial charge on any atom is -0.464 e. The quantitative estimate of drug-likeness (QED) is 0.570. The summed E-state index contributed by atoms with van der Waals surface area (Å²) in [6.45, 7) is 2.11. The predicted molar refractivity (Wildman–Crippen MR) is 54.0 cm³/mol. The van der Waals surface area contributed by atoms with Crippen LogP contribution in [0.2, 0.25) is 0 Å². The lowest BCUT2D eigenvalue weighted by Gasteiger charge is -2.08. The Morgan fingerprint density at radius 2 is 2.58 bits per heavy atom. The summed E-state index contributed by atoms with van der Waals surface area (Å²) in [5.41, 5.74) is 0. The largest absolute Gasteiger partial charge is 0.464 e. The summed E-state index contributed by atoms with van der Waals surface area (Å²) in [7, 11) is 0. The summed E-state index contributed by atoms with van der Waals surface area (Å²) in [6.07, 6.45) is 0. The number of hydrogen-bond acceptors (Lipinski definition) is 4. The zero-order valence-corrected chi connectivity index (χ0v) is 9.45. The SMILES string of the molecule is CCOC(=O)C1N=C(Br)SC1Cl. The monoisotopic (exact) mass is 271 g/mol. The highest BCUT2D eigenvalue weighted by molar-refractivity contribution is 9.22. The van der Waals surface area contributed by atoms with Gasteiger partial charge in [0.1, 0.15) is 8.66 Å². The van der Waals surface area contributed by atoms with Gasteiger partial charge in [-0.3, -0.25) is 4.99 Å². The molecule has 12 heavy (non-hydrogen) atoms. The third-order valence-corrected chi connectivity index (χ3v) is 3.28. The van der Waals surface area contributed by atoms with E-state index in [-0.39, 0.29) is 10.7 Å². The summed E-state index contributed by atoms with van der Waals surface area (Å²) in [4.78, 5) is 15.1. The molecule has 2 unspecified atom stereocenters. The van der Waals surface area contributed by atoms with E-state index in [0.717, 1.165) is 0 Å². The Hall–Kier alpha value is 0.260. The van der Waals surface area contributed by atoms with Gasteiger partial charge in [-0.15, -0.1) is 11.6 Å². The van der Waals surface area contributed by atoms with Crippen molar-refractivity contribution < 1.29 is 9.53 Å². The molecule has 0 amide bonds. The third-order valence-electron chi connectivity index (χ3n) is 1.23. The van der Waals surface area contributed by atoms with Crippen LogP contribution in [0.25, 0.3) is 0 Å². The zero-order chi connectivity index (χ0) is 9.14. The molecular weight excluding hydrogens is 265 g/mol. The second-order valence-corrected chi connectivity index (χ2v) is 5.18. The predicted octanol–water partition coefficient (Wildman–Crippen LogP) is 1.98. The minimum absolute atomic E-state index is 0.349. The van der Waals surface area contributed by atoms with Gasteiger partial charge in [0, 0.05) is 0 Å². The van der Waals surface area contributed by atoms with Crippen LogP contribution in [0.15, 0.2) is 4.99 Å². The van der Waals surface area contributed by atoms with Crippen LogP contribution in [0.1, 0.15) is 6.92 Å². The molecular formula is C6H7BrClNO2S. The van der Waals surface area contributed by atoms with Crippen LogP contribution < -0.4 is 0 Å². The Morgan fingerprint density at radius 3 is 3.00 bits per heavy atom. The van der Waals surface area contributed by atoms with Crippen molar-refractivity contribution in [2.24, 2.45) is 4.99 Å². The highest BCUT2D eigenvalue weighted by Gasteiger charge is 2.34. The Balaban J connectivity index is 2.57. The van der Waals surface area contributed by atoms with E-state index in [1.54, 1.807) is 6.92 Å². The molecule has 0 saturated heterocycles. The molecule has 0 aromatic heterocycles. The molecule has 1 heterocycles. The number of thioether (sulfide) groups is 1. The second kappa shape index (κ2) is 4.48. The first-order chi connectivity index (χ1) is 5.65. The molecule has 0 radical (unpaired) electrons. The van der Waals surface area contributed by atoms with E-state index in [1.807, 2.05) is 0 Å². The van der Waals surface area contributed by atoms with E-state index in [2.05, 4.69) is 20.9 Å². The van der Waals surface area contributed by atoms with Crippen molar-refractivity contribution in [2.45, 2.75) is 17.7 Å². The number of rotatable bonds is 2. The summed E-state index contributed by atoms with van der Waals surface area (Å²) >= 11 is 10.3. The summed E-state index contributed by atoms with van der Waals surface area (Å²) < 4.78 is 5.08. The van der Waals surface area contributed by atoms with Crippen LogP contribution in [0.5, 0.6) is 0 Å². The Kier molecular flexibility index (Phi) is 3.86. The van der Waals surface area contributed by atoms with Gasteiger partial charge in [-0.25, -0.2) is 4.79 Å². The average molecular weight is 273 g/mol. The van der Waals surface area contributed by atoms with E-state index in [0.29, 0.717) is 10.6 Å². The molecule has 0 N–H and O–H groups in total. The van der Waals surface area contributed by atoms with Gasteiger partial charge in [0.05, 0.1) is 6.61 Å². The number of nitrogens with zero attached hydrogens (tertiary/aromatic N) is 1. The lowest BCUT2D eigenvalue weighted by atomic mass is 10.4. The molecule has 2 atom stereocenters. The fraction of sp³-hybridized carbons (Fsp3) is 0.667. The van der Waals surface area contributed by atoms with Crippen LogP contribution >= 0.6 is 39.3 Å². The van der Waals surface area contributed by atoms with Gasteiger partial charge in [0.15, 0.2) is 6.04 Å². The first kappa shape index (κ1) is 10.3. The fourth-order valence-corrected chi connectivity index (χ4v) is 2.96. The number of aliphatic imine (C=N–C) groups is 1. The Labute approximate surface area is 88.0 Å². The number of carbonyl (C=O) groups is 1. The van der Waals surface area contributed by atoms with E-state index in [1.165, 1.54) is 11.8 Å². The summed E-state index contributed by atoms with van der Waals surface area (Å²) in [5, 5.41) is 0. The van der Waals surface area contributed by atoms with Crippen molar-refractivity contribution in [3.05, 3.63) is 0 Å². The van der Waals surface area contributed by atoms with Crippen LogP contribution in [-0.4, -0.2) is 27.3 Å². The van der Waals surface area contributed by atoms with Gasteiger partial charge in [0.2, 0.25) is 0 Å². The number of alkyl halides is 1. The molecule has 0 spiro atoms. The molecule has 0 bridgehead atoms. The first-order valence-corrected chi connectivity index (χ1v) is 5.46. The lowest BCUT2D eigenvalue weighted by molar-refractivity contribution is -0.144. The summed E-state index contributed by atoms with van der Waals surface area (Å²) in [6, 6.07) is -0.564. The van der Waals surface area contributed by atoms with E-state index in [9.17, 15) is 4.79 Å². The molecule has 0 aromatic carbocycles. The van der Waals surface area contributed by atoms with E-state index >= 15 is 0 Å². The van der Waals surface area contributed by atoms with Crippen molar-refractivity contribution in [2.75, 3.05) is 6.61 Å². The number of hydrogen-bond donors (Lipinski definition) is 0. The maximum atomic E-state index is 11.2. The standard InChI is InChI=1S/C6H7BrClNO2S/c1-2-11-5(10)3-4(8)12-6(7)9-3/h3-4H,2H2,1H3. The highest BCUT2D eigenvalue weighted by atomic mass is 79.9. The molecule has 1 aliphatic heterocycles. The Bertz CT molecular complexity index is 224. The van der Waals surface area contributed by atoms with Crippen molar-refractivity contribution in [1.29, 1.82) is 0 Å².